The highest BCUT2D eigenvalue weighted by atomic mass is 16.5. The molecule has 0 spiro atoms. The summed E-state index contributed by atoms with van der Waals surface area (Å²) in [5.41, 5.74) is 0. The highest BCUT2D eigenvalue weighted by molar-refractivity contribution is 4.88. The Hall–Kier alpha value is -0.560. The van der Waals surface area contributed by atoms with E-state index in [9.17, 15) is 0 Å². The molecule has 0 aromatic rings. The van der Waals surface area contributed by atoms with Crippen molar-refractivity contribution in [2.45, 2.75) is 52.4 Å². The van der Waals surface area contributed by atoms with Gasteiger partial charge in [0.15, 0.2) is 0 Å². The molecule has 0 amide bonds. The van der Waals surface area contributed by atoms with Crippen molar-refractivity contribution in [3.8, 4) is 0 Å². The van der Waals surface area contributed by atoms with Gasteiger partial charge < -0.3 is 4.74 Å². The molecular formula is C14H28O. The molecule has 0 unspecified atom stereocenters. The Labute approximate surface area is 96.2 Å². The normalized spacial score (nSPS) is 8.93. The molecule has 15 heavy (non-hydrogen) atoms. The van der Waals surface area contributed by atoms with Crippen LogP contribution in [-0.4, -0.2) is 13.2 Å². The molecule has 0 aliphatic rings. The second-order valence-electron chi connectivity index (χ2n) is 3.50. The maximum absolute atomic E-state index is 5.44. The van der Waals surface area contributed by atoms with Gasteiger partial charge in [0.25, 0.3) is 0 Å². The van der Waals surface area contributed by atoms with Crippen LogP contribution in [0.5, 0.6) is 0 Å². The Kier molecular flexibility index (Phi) is 21.4. The van der Waals surface area contributed by atoms with Gasteiger partial charge in [0.1, 0.15) is 0 Å². The van der Waals surface area contributed by atoms with E-state index in [2.05, 4.69) is 27.0 Å². The predicted octanol–water partition coefficient (Wildman–Crippen LogP) is 4.74. The van der Waals surface area contributed by atoms with Gasteiger partial charge in [-0.25, -0.2) is 0 Å². The Morgan fingerprint density at radius 2 is 1.20 bits per heavy atom. The van der Waals surface area contributed by atoms with Crippen LogP contribution >= 0.6 is 0 Å². The molecule has 0 aromatic heterocycles. The zero-order valence-electron chi connectivity index (χ0n) is 10.6. The summed E-state index contributed by atoms with van der Waals surface area (Å²) in [6.07, 6.45) is 11.0. The van der Waals surface area contributed by atoms with Crippen molar-refractivity contribution in [2.75, 3.05) is 13.2 Å². The van der Waals surface area contributed by atoms with Crippen LogP contribution in [0.1, 0.15) is 52.4 Å². The number of rotatable bonds is 9. The van der Waals surface area contributed by atoms with E-state index in [0.29, 0.717) is 0 Å². The van der Waals surface area contributed by atoms with E-state index in [1.165, 1.54) is 38.5 Å². The summed E-state index contributed by atoms with van der Waals surface area (Å²) >= 11 is 0. The Balaban J connectivity index is 0. The molecule has 0 saturated heterocycles. The third kappa shape index (κ3) is 24.7. The molecule has 0 aromatic carbocycles. The SMILES string of the molecule is C=CC=C.CCCCCOCCCCC. The number of hydrogen-bond acceptors (Lipinski definition) is 1. The van der Waals surface area contributed by atoms with Crippen molar-refractivity contribution in [3.05, 3.63) is 25.3 Å². The topological polar surface area (TPSA) is 9.23 Å². The third-order valence-corrected chi connectivity index (χ3v) is 1.95. The molecule has 0 radical (unpaired) electrons. The van der Waals surface area contributed by atoms with E-state index in [1.54, 1.807) is 12.2 Å². The fourth-order valence-corrected chi connectivity index (χ4v) is 1.01. The summed E-state index contributed by atoms with van der Waals surface area (Å²) in [5.74, 6) is 0. The molecule has 1 heteroatoms. The highest BCUT2D eigenvalue weighted by Gasteiger charge is 1.88. The summed E-state index contributed by atoms with van der Waals surface area (Å²) < 4.78 is 5.44. The van der Waals surface area contributed by atoms with Crippen LogP contribution in [-0.2, 0) is 4.74 Å². The van der Waals surface area contributed by atoms with Crippen LogP contribution in [0.2, 0.25) is 0 Å². The average molecular weight is 212 g/mol. The van der Waals surface area contributed by atoms with E-state index in [-0.39, 0.29) is 0 Å². The molecule has 0 fully saturated rings. The summed E-state index contributed by atoms with van der Waals surface area (Å²) in [6, 6.07) is 0. The van der Waals surface area contributed by atoms with Crippen molar-refractivity contribution in [3.63, 3.8) is 0 Å². The van der Waals surface area contributed by atoms with Crippen LogP contribution < -0.4 is 0 Å². The zero-order chi connectivity index (χ0) is 11.8. The molecule has 0 atom stereocenters. The van der Waals surface area contributed by atoms with E-state index in [1.807, 2.05) is 0 Å². The van der Waals surface area contributed by atoms with Crippen LogP contribution in [0.15, 0.2) is 25.3 Å². The fourth-order valence-electron chi connectivity index (χ4n) is 1.01. The Morgan fingerprint density at radius 3 is 1.47 bits per heavy atom. The minimum absolute atomic E-state index is 0.970. The lowest BCUT2D eigenvalue weighted by molar-refractivity contribution is 0.126. The lowest BCUT2D eigenvalue weighted by atomic mass is 10.2. The number of unbranched alkanes of at least 4 members (excludes halogenated alkanes) is 4. The van der Waals surface area contributed by atoms with Crippen molar-refractivity contribution in [1.82, 2.24) is 0 Å². The van der Waals surface area contributed by atoms with Crippen LogP contribution in [0, 0.1) is 0 Å². The summed E-state index contributed by atoms with van der Waals surface area (Å²) in [5, 5.41) is 0. The van der Waals surface area contributed by atoms with Gasteiger partial charge in [-0.15, -0.1) is 0 Å². The first-order chi connectivity index (χ1) is 7.33. The van der Waals surface area contributed by atoms with Crippen LogP contribution in [0.4, 0.5) is 0 Å². The van der Waals surface area contributed by atoms with Crippen molar-refractivity contribution in [1.29, 1.82) is 0 Å². The van der Waals surface area contributed by atoms with Crippen molar-refractivity contribution in [2.24, 2.45) is 0 Å². The number of allylic oxidation sites excluding steroid dienone is 2. The lowest BCUT2D eigenvalue weighted by Crippen LogP contribution is -1.96. The first-order valence-corrected chi connectivity index (χ1v) is 6.14. The molecule has 0 saturated carbocycles. The molecule has 0 aliphatic heterocycles. The van der Waals surface area contributed by atoms with Crippen LogP contribution in [0.3, 0.4) is 0 Å². The second kappa shape index (κ2) is 19.1. The smallest absolute Gasteiger partial charge is 0.0466 e. The maximum Gasteiger partial charge on any atom is 0.0466 e. The van der Waals surface area contributed by atoms with Gasteiger partial charge in [0.2, 0.25) is 0 Å². The fraction of sp³-hybridized carbons (Fsp3) is 0.714. The Morgan fingerprint density at radius 1 is 0.800 bits per heavy atom. The van der Waals surface area contributed by atoms with Crippen molar-refractivity contribution < 1.29 is 4.74 Å². The van der Waals surface area contributed by atoms with E-state index < -0.39 is 0 Å². The quantitative estimate of drug-likeness (QED) is 0.396. The summed E-state index contributed by atoms with van der Waals surface area (Å²) in [4.78, 5) is 0. The zero-order valence-corrected chi connectivity index (χ0v) is 10.6. The third-order valence-electron chi connectivity index (χ3n) is 1.95. The molecule has 0 aliphatic carbocycles. The first-order valence-electron chi connectivity index (χ1n) is 6.14. The summed E-state index contributed by atoms with van der Waals surface area (Å²) in [6.45, 7) is 13.1. The van der Waals surface area contributed by atoms with Gasteiger partial charge in [0.05, 0.1) is 0 Å². The molecule has 0 rings (SSSR count). The predicted molar refractivity (Wildman–Crippen MR) is 70.3 cm³/mol. The van der Waals surface area contributed by atoms with E-state index >= 15 is 0 Å². The standard InChI is InChI=1S/C10H22O.C4H6/c1-3-5-7-9-11-10-8-6-4-2;1-3-4-2/h3-10H2,1-2H3;3-4H,1-2H2. The number of hydrogen-bond donors (Lipinski definition) is 0. The molecule has 0 heterocycles. The van der Waals surface area contributed by atoms with Crippen molar-refractivity contribution >= 4 is 0 Å². The minimum atomic E-state index is 0.970. The molecule has 0 bridgehead atoms. The molecule has 1 nitrogen and oxygen atoms in total. The van der Waals surface area contributed by atoms with Gasteiger partial charge in [-0.3, -0.25) is 0 Å². The van der Waals surface area contributed by atoms with E-state index in [0.717, 1.165) is 13.2 Å². The highest BCUT2D eigenvalue weighted by Crippen LogP contribution is 1.97. The molecular weight excluding hydrogens is 184 g/mol. The average Bonchev–Trinajstić information content (AvgIpc) is 2.28. The van der Waals surface area contributed by atoms with Gasteiger partial charge in [0, 0.05) is 13.2 Å². The number of ether oxygens (including phenoxy) is 1. The monoisotopic (exact) mass is 212 g/mol. The van der Waals surface area contributed by atoms with Gasteiger partial charge in [-0.05, 0) is 12.8 Å². The van der Waals surface area contributed by atoms with Crippen LogP contribution in [0.25, 0.3) is 0 Å². The largest absolute Gasteiger partial charge is 0.381 e. The maximum atomic E-state index is 5.44. The Bertz CT molecular complexity index is 105. The van der Waals surface area contributed by atoms with E-state index in [4.69, 9.17) is 4.74 Å². The lowest BCUT2D eigenvalue weighted by Gasteiger charge is -2.01. The van der Waals surface area contributed by atoms with Gasteiger partial charge in [-0.1, -0.05) is 64.8 Å². The first kappa shape index (κ1) is 16.9. The second-order valence-corrected chi connectivity index (χ2v) is 3.50. The molecule has 0 N–H and O–H groups in total. The molecule has 90 valence electrons. The van der Waals surface area contributed by atoms with Gasteiger partial charge >= 0.3 is 0 Å². The summed E-state index contributed by atoms with van der Waals surface area (Å²) in [7, 11) is 0. The minimum Gasteiger partial charge on any atom is -0.381 e. The van der Waals surface area contributed by atoms with Gasteiger partial charge in [-0.2, -0.15) is 0 Å².